The van der Waals surface area contributed by atoms with E-state index >= 15 is 0 Å². The Labute approximate surface area is 59.1 Å². The monoisotopic (exact) mass is 148 g/mol. The second kappa shape index (κ2) is 5.34. The Hall–Kier alpha value is -0.450. The van der Waals surface area contributed by atoms with Gasteiger partial charge in [-0.3, -0.25) is 0 Å². The van der Waals surface area contributed by atoms with Crippen LogP contribution in [0.5, 0.6) is 0 Å². The van der Waals surface area contributed by atoms with Gasteiger partial charge >= 0.3 is 0 Å². The second-order valence-electron chi connectivity index (χ2n) is 2.06. The van der Waals surface area contributed by atoms with Crippen LogP contribution in [0.1, 0.15) is 12.8 Å². The third-order valence-electron chi connectivity index (χ3n) is 1.21. The highest BCUT2D eigenvalue weighted by Crippen LogP contribution is 1.99. The zero-order valence-electron chi connectivity index (χ0n) is 5.60. The van der Waals surface area contributed by atoms with E-state index in [-0.39, 0.29) is 12.8 Å². The number of carbonyl (C=O) groups is 1. The summed E-state index contributed by atoms with van der Waals surface area (Å²) in [6, 6.07) is 0. The van der Waals surface area contributed by atoms with Crippen molar-refractivity contribution in [2.45, 2.75) is 25.0 Å². The molecule has 0 rings (SSSR count). The second-order valence-corrected chi connectivity index (χ2v) is 2.06. The minimum absolute atomic E-state index is 0.200. The van der Waals surface area contributed by atoms with Crippen LogP contribution in [0.3, 0.4) is 0 Å². The number of aliphatic hydroxyl groups excluding tert-OH is 3. The fraction of sp³-hybridized carbons (Fsp3) is 0.833. The van der Waals surface area contributed by atoms with Crippen molar-refractivity contribution in [2.24, 2.45) is 0 Å². The van der Waals surface area contributed by atoms with Gasteiger partial charge in [0.25, 0.3) is 0 Å². The molecule has 0 heterocycles. The van der Waals surface area contributed by atoms with Crippen molar-refractivity contribution < 1.29 is 20.1 Å². The van der Waals surface area contributed by atoms with Crippen molar-refractivity contribution in [3.8, 4) is 0 Å². The van der Waals surface area contributed by atoms with Gasteiger partial charge in [-0.25, -0.2) is 0 Å². The molecule has 4 nitrogen and oxygen atoms in total. The molecule has 0 aromatic rings. The lowest BCUT2D eigenvalue weighted by Gasteiger charge is -2.13. The van der Waals surface area contributed by atoms with Crippen LogP contribution in [-0.2, 0) is 4.79 Å². The summed E-state index contributed by atoms with van der Waals surface area (Å²) < 4.78 is 0. The Balaban J connectivity index is 3.40. The van der Waals surface area contributed by atoms with Gasteiger partial charge in [0, 0.05) is 6.42 Å². The summed E-state index contributed by atoms with van der Waals surface area (Å²) >= 11 is 0. The first kappa shape index (κ1) is 9.55. The average Bonchev–Trinajstić information content (AvgIpc) is 1.98. The lowest BCUT2D eigenvalue weighted by molar-refractivity contribution is -0.108. The van der Waals surface area contributed by atoms with E-state index in [4.69, 9.17) is 15.3 Å². The van der Waals surface area contributed by atoms with E-state index < -0.39 is 18.8 Å². The largest absolute Gasteiger partial charge is 0.394 e. The Morgan fingerprint density at radius 2 is 1.90 bits per heavy atom. The van der Waals surface area contributed by atoms with E-state index in [1.807, 2.05) is 0 Å². The number of rotatable bonds is 5. The van der Waals surface area contributed by atoms with Gasteiger partial charge in [0.1, 0.15) is 12.4 Å². The lowest BCUT2D eigenvalue weighted by Crippen LogP contribution is -2.29. The quantitative estimate of drug-likeness (QED) is 0.422. The van der Waals surface area contributed by atoms with Crippen molar-refractivity contribution >= 4 is 6.29 Å². The molecular weight excluding hydrogens is 136 g/mol. The van der Waals surface area contributed by atoms with Gasteiger partial charge in [0.05, 0.1) is 12.7 Å². The van der Waals surface area contributed by atoms with E-state index in [1.54, 1.807) is 0 Å². The number of hydrogen-bond donors (Lipinski definition) is 3. The first-order valence-electron chi connectivity index (χ1n) is 3.13. The molecule has 0 amide bonds. The molecule has 0 radical (unpaired) electrons. The van der Waals surface area contributed by atoms with Crippen LogP contribution in [-0.4, -0.2) is 40.4 Å². The fourth-order valence-electron chi connectivity index (χ4n) is 0.553. The summed E-state index contributed by atoms with van der Waals surface area (Å²) in [7, 11) is 0. The molecule has 3 N–H and O–H groups in total. The highest BCUT2D eigenvalue weighted by molar-refractivity contribution is 5.49. The summed E-state index contributed by atoms with van der Waals surface area (Å²) in [6.45, 7) is -0.472. The predicted octanol–water partition coefficient (Wildman–Crippen LogP) is -1.32. The molecule has 0 aliphatic carbocycles. The van der Waals surface area contributed by atoms with Gasteiger partial charge in [-0.1, -0.05) is 0 Å². The van der Waals surface area contributed by atoms with E-state index in [1.165, 1.54) is 0 Å². The molecule has 60 valence electrons. The lowest BCUT2D eigenvalue weighted by atomic mass is 10.1. The summed E-state index contributed by atoms with van der Waals surface area (Å²) in [6.07, 6.45) is -1.05. The molecule has 0 saturated heterocycles. The Morgan fingerprint density at radius 3 is 2.30 bits per heavy atom. The van der Waals surface area contributed by atoms with Crippen LogP contribution >= 0.6 is 0 Å². The van der Waals surface area contributed by atoms with Crippen LogP contribution in [0, 0.1) is 0 Å². The SMILES string of the molecule is O=CCC[C@@H](O)[C@@H](O)CO. The molecule has 2 atom stereocenters. The van der Waals surface area contributed by atoms with Gasteiger partial charge in [-0.15, -0.1) is 0 Å². The minimum atomic E-state index is -1.13. The number of hydrogen-bond acceptors (Lipinski definition) is 4. The Kier molecular flexibility index (Phi) is 5.10. The maximum atomic E-state index is 9.76. The predicted molar refractivity (Wildman–Crippen MR) is 34.4 cm³/mol. The molecule has 4 heteroatoms. The van der Waals surface area contributed by atoms with Crippen LogP contribution in [0.25, 0.3) is 0 Å². The van der Waals surface area contributed by atoms with Crippen molar-refractivity contribution in [3.05, 3.63) is 0 Å². The third-order valence-corrected chi connectivity index (χ3v) is 1.21. The van der Waals surface area contributed by atoms with Crippen LogP contribution < -0.4 is 0 Å². The Morgan fingerprint density at radius 1 is 1.30 bits per heavy atom. The van der Waals surface area contributed by atoms with Gasteiger partial charge < -0.3 is 20.1 Å². The molecule has 0 unspecified atom stereocenters. The zero-order chi connectivity index (χ0) is 7.98. The van der Waals surface area contributed by atoms with Crippen molar-refractivity contribution in [2.75, 3.05) is 6.61 Å². The van der Waals surface area contributed by atoms with Crippen LogP contribution in [0.4, 0.5) is 0 Å². The smallest absolute Gasteiger partial charge is 0.120 e. The first-order valence-corrected chi connectivity index (χ1v) is 3.13. The topological polar surface area (TPSA) is 77.8 Å². The summed E-state index contributed by atoms with van der Waals surface area (Å²) in [4.78, 5) is 9.76. The van der Waals surface area contributed by atoms with E-state index in [0.29, 0.717) is 6.29 Å². The fourth-order valence-corrected chi connectivity index (χ4v) is 0.553. The van der Waals surface area contributed by atoms with Gasteiger partial charge in [0.2, 0.25) is 0 Å². The maximum absolute atomic E-state index is 9.76. The third kappa shape index (κ3) is 3.55. The number of aldehydes is 1. The van der Waals surface area contributed by atoms with Crippen molar-refractivity contribution in [3.63, 3.8) is 0 Å². The first-order chi connectivity index (χ1) is 4.72. The molecule has 0 aromatic carbocycles. The summed E-state index contributed by atoms with van der Waals surface area (Å²) in [5.41, 5.74) is 0. The normalized spacial score (nSPS) is 16.3. The molecule has 10 heavy (non-hydrogen) atoms. The van der Waals surface area contributed by atoms with E-state index in [9.17, 15) is 4.79 Å². The molecule has 0 bridgehead atoms. The molecule has 0 aromatic heterocycles. The van der Waals surface area contributed by atoms with E-state index in [2.05, 4.69) is 0 Å². The molecule has 0 saturated carbocycles. The van der Waals surface area contributed by atoms with Crippen LogP contribution in [0.15, 0.2) is 0 Å². The summed E-state index contributed by atoms with van der Waals surface area (Å²) in [5, 5.41) is 25.9. The molecule has 0 fully saturated rings. The number of carbonyl (C=O) groups excluding carboxylic acids is 1. The van der Waals surface area contributed by atoms with Crippen molar-refractivity contribution in [1.29, 1.82) is 0 Å². The average molecular weight is 148 g/mol. The summed E-state index contributed by atoms with van der Waals surface area (Å²) in [5.74, 6) is 0. The minimum Gasteiger partial charge on any atom is -0.394 e. The highest BCUT2D eigenvalue weighted by atomic mass is 16.4. The highest BCUT2D eigenvalue weighted by Gasteiger charge is 2.13. The molecule has 0 aliphatic heterocycles. The van der Waals surface area contributed by atoms with Gasteiger partial charge in [-0.2, -0.15) is 0 Å². The van der Waals surface area contributed by atoms with Gasteiger partial charge in [0.15, 0.2) is 0 Å². The number of aliphatic hydroxyl groups is 3. The molecular formula is C6H12O4. The standard InChI is InChI=1S/C6H12O4/c7-3-1-2-5(9)6(10)4-8/h3,5-6,8-10H,1-2,4H2/t5-,6+/m1/s1. The maximum Gasteiger partial charge on any atom is 0.120 e. The van der Waals surface area contributed by atoms with Crippen molar-refractivity contribution in [1.82, 2.24) is 0 Å². The van der Waals surface area contributed by atoms with Crippen LogP contribution in [0.2, 0.25) is 0 Å². The van der Waals surface area contributed by atoms with Gasteiger partial charge in [-0.05, 0) is 6.42 Å². The molecule has 0 aliphatic rings. The Bertz CT molecular complexity index is 93.7. The zero-order valence-corrected chi connectivity index (χ0v) is 5.60. The molecule has 0 spiro atoms. The van der Waals surface area contributed by atoms with E-state index in [0.717, 1.165) is 0 Å².